The Morgan fingerprint density at radius 2 is 1.41 bits per heavy atom. The smallest absolute Gasteiger partial charge is 0.328 e. The van der Waals surface area contributed by atoms with Crippen LogP contribution < -0.4 is 0 Å². The second-order valence-electron chi connectivity index (χ2n) is 3.01. The Morgan fingerprint density at radius 3 is 1.65 bits per heavy atom. The summed E-state index contributed by atoms with van der Waals surface area (Å²) in [5.74, 6) is -8.74. The van der Waals surface area contributed by atoms with Gasteiger partial charge in [0.25, 0.3) is 0 Å². The summed E-state index contributed by atoms with van der Waals surface area (Å²) in [7, 11) is 0. The maximum absolute atomic E-state index is 12.5. The van der Waals surface area contributed by atoms with E-state index < -0.39 is 42.2 Å². The standard InChI is InChI=1S/C7H7F8NO/c1-2-16(3-5(8,9)10)4(17)6(11,12)7(13,14)15/h2-3H2,1H3. The summed E-state index contributed by atoms with van der Waals surface area (Å²) in [6.07, 6.45) is -11.3. The largest absolute Gasteiger partial charge is 0.463 e. The average Bonchev–Trinajstić information content (AvgIpc) is 2.09. The molecule has 0 aromatic carbocycles. The third-order valence-corrected chi connectivity index (χ3v) is 1.66. The molecule has 17 heavy (non-hydrogen) atoms. The molecule has 2 nitrogen and oxygen atoms in total. The summed E-state index contributed by atoms with van der Waals surface area (Å²) in [5.41, 5.74) is 0. The fourth-order valence-electron chi connectivity index (χ4n) is 0.863. The number of rotatable bonds is 3. The van der Waals surface area contributed by atoms with Crippen LogP contribution in [0, 0.1) is 0 Å². The molecule has 0 bridgehead atoms. The SMILES string of the molecule is CCN(CC(F)(F)F)C(=O)C(F)(F)C(F)(F)F. The molecule has 0 aliphatic carbocycles. The van der Waals surface area contributed by atoms with Gasteiger partial charge < -0.3 is 4.90 Å². The number of amides is 1. The van der Waals surface area contributed by atoms with Gasteiger partial charge in [-0.1, -0.05) is 0 Å². The fourth-order valence-corrected chi connectivity index (χ4v) is 0.863. The first-order chi connectivity index (χ1) is 7.33. The molecule has 0 atom stereocenters. The number of alkyl halides is 8. The van der Waals surface area contributed by atoms with Gasteiger partial charge in [-0.3, -0.25) is 4.79 Å². The molecule has 0 aliphatic heterocycles. The highest BCUT2D eigenvalue weighted by Crippen LogP contribution is 2.37. The van der Waals surface area contributed by atoms with Gasteiger partial charge in [0.05, 0.1) is 0 Å². The minimum Gasteiger partial charge on any atom is -0.328 e. The van der Waals surface area contributed by atoms with Crippen molar-refractivity contribution in [1.82, 2.24) is 4.90 Å². The van der Waals surface area contributed by atoms with Crippen LogP contribution in [0.4, 0.5) is 35.1 Å². The quantitative estimate of drug-likeness (QED) is 0.724. The number of hydrogen-bond donors (Lipinski definition) is 0. The Bertz CT molecular complexity index is 281. The van der Waals surface area contributed by atoms with E-state index in [1.165, 1.54) is 0 Å². The molecular formula is C7H7F8NO. The van der Waals surface area contributed by atoms with Gasteiger partial charge in [-0.25, -0.2) is 0 Å². The minimum absolute atomic E-state index is 0.604. The van der Waals surface area contributed by atoms with E-state index in [0.29, 0.717) is 0 Å². The fraction of sp³-hybridized carbons (Fsp3) is 0.857. The Labute approximate surface area is 90.2 Å². The molecule has 1 amide bonds. The Balaban J connectivity index is 5.01. The zero-order valence-corrected chi connectivity index (χ0v) is 8.29. The predicted molar refractivity (Wildman–Crippen MR) is 39.3 cm³/mol. The van der Waals surface area contributed by atoms with E-state index in [0.717, 1.165) is 6.92 Å². The van der Waals surface area contributed by atoms with Crippen LogP contribution in [0.25, 0.3) is 0 Å². The summed E-state index contributed by atoms with van der Waals surface area (Å²) < 4.78 is 95.6. The highest BCUT2D eigenvalue weighted by atomic mass is 19.4. The highest BCUT2D eigenvalue weighted by Gasteiger charge is 2.65. The van der Waals surface area contributed by atoms with Crippen LogP contribution in [0.5, 0.6) is 0 Å². The molecule has 0 aliphatic rings. The third-order valence-electron chi connectivity index (χ3n) is 1.66. The molecule has 0 heterocycles. The molecule has 0 radical (unpaired) electrons. The molecule has 0 fully saturated rings. The molecule has 0 unspecified atom stereocenters. The Morgan fingerprint density at radius 1 is 1.00 bits per heavy atom. The highest BCUT2D eigenvalue weighted by molar-refractivity contribution is 5.84. The van der Waals surface area contributed by atoms with Gasteiger partial charge in [0.1, 0.15) is 6.54 Å². The van der Waals surface area contributed by atoms with Crippen LogP contribution >= 0.6 is 0 Å². The van der Waals surface area contributed by atoms with E-state index >= 15 is 0 Å². The summed E-state index contributed by atoms with van der Waals surface area (Å²) in [5, 5.41) is 0. The maximum Gasteiger partial charge on any atom is 0.463 e. The van der Waals surface area contributed by atoms with Crippen molar-refractivity contribution in [1.29, 1.82) is 0 Å². The van der Waals surface area contributed by atoms with Crippen molar-refractivity contribution in [3.63, 3.8) is 0 Å². The lowest BCUT2D eigenvalue weighted by molar-refractivity contribution is -0.276. The molecular weight excluding hydrogens is 266 g/mol. The second kappa shape index (κ2) is 4.65. The van der Waals surface area contributed by atoms with Crippen molar-refractivity contribution in [2.45, 2.75) is 25.2 Å². The van der Waals surface area contributed by atoms with Gasteiger partial charge in [0.15, 0.2) is 0 Å². The average molecular weight is 273 g/mol. The van der Waals surface area contributed by atoms with E-state index in [9.17, 15) is 39.9 Å². The topological polar surface area (TPSA) is 20.3 Å². The summed E-state index contributed by atoms with van der Waals surface area (Å²) in [6.45, 7) is -2.21. The van der Waals surface area contributed by atoms with E-state index in [1.54, 1.807) is 0 Å². The minimum atomic E-state index is -6.22. The van der Waals surface area contributed by atoms with Crippen LogP contribution in [0.15, 0.2) is 0 Å². The molecule has 10 heteroatoms. The van der Waals surface area contributed by atoms with Gasteiger partial charge in [0, 0.05) is 6.54 Å². The third kappa shape index (κ3) is 4.00. The first-order valence-corrected chi connectivity index (χ1v) is 4.13. The molecule has 102 valence electrons. The number of halogens is 8. The lowest BCUT2D eigenvalue weighted by atomic mass is 10.2. The summed E-state index contributed by atoms with van der Waals surface area (Å²) >= 11 is 0. The molecule has 0 aromatic heterocycles. The lowest BCUT2D eigenvalue weighted by Crippen LogP contribution is -2.54. The van der Waals surface area contributed by atoms with Crippen molar-refractivity contribution in [2.24, 2.45) is 0 Å². The molecule has 0 spiro atoms. The zero-order valence-electron chi connectivity index (χ0n) is 8.29. The van der Waals surface area contributed by atoms with Crippen LogP contribution in [-0.4, -0.2) is 42.2 Å². The van der Waals surface area contributed by atoms with Crippen molar-refractivity contribution < 1.29 is 39.9 Å². The molecule has 0 saturated heterocycles. The number of nitrogens with zero attached hydrogens (tertiary/aromatic N) is 1. The molecule has 0 N–H and O–H groups in total. The Kier molecular flexibility index (Phi) is 4.35. The number of carbonyl (C=O) groups excluding carboxylic acids is 1. The van der Waals surface area contributed by atoms with Crippen LogP contribution in [0.3, 0.4) is 0 Å². The molecule has 0 saturated carbocycles. The van der Waals surface area contributed by atoms with E-state index in [2.05, 4.69) is 0 Å². The predicted octanol–water partition coefficient (Wildman–Crippen LogP) is 2.59. The zero-order chi connectivity index (χ0) is 14.1. The van der Waals surface area contributed by atoms with E-state index in [4.69, 9.17) is 0 Å². The van der Waals surface area contributed by atoms with Gasteiger partial charge in [-0.2, -0.15) is 35.1 Å². The first kappa shape index (κ1) is 15.9. The van der Waals surface area contributed by atoms with E-state index in [-0.39, 0.29) is 0 Å². The summed E-state index contributed by atoms with van der Waals surface area (Å²) in [6, 6.07) is 0. The lowest BCUT2D eigenvalue weighted by Gasteiger charge is -2.27. The normalized spacial score (nSPS) is 13.7. The maximum atomic E-state index is 12.5. The number of carbonyl (C=O) groups is 1. The van der Waals surface area contributed by atoms with Crippen LogP contribution in [0.1, 0.15) is 6.92 Å². The molecule has 0 aromatic rings. The first-order valence-electron chi connectivity index (χ1n) is 4.13. The monoisotopic (exact) mass is 273 g/mol. The van der Waals surface area contributed by atoms with E-state index in [1.807, 2.05) is 0 Å². The van der Waals surface area contributed by atoms with Crippen molar-refractivity contribution >= 4 is 5.91 Å². The molecule has 0 rings (SSSR count). The second-order valence-corrected chi connectivity index (χ2v) is 3.01. The van der Waals surface area contributed by atoms with Gasteiger partial charge in [-0.15, -0.1) is 0 Å². The number of hydrogen-bond acceptors (Lipinski definition) is 1. The summed E-state index contributed by atoms with van der Waals surface area (Å²) in [4.78, 5) is 10.1. The van der Waals surface area contributed by atoms with Crippen LogP contribution in [0.2, 0.25) is 0 Å². The van der Waals surface area contributed by atoms with Gasteiger partial charge in [-0.05, 0) is 6.92 Å². The Hall–Kier alpha value is -1.09. The van der Waals surface area contributed by atoms with Crippen LogP contribution in [-0.2, 0) is 4.79 Å². The van der Waals surface area contributed by atoms with Crippen molar-refractivity contribution in [3.8, 4) is 0 Å². The van der Waals surface area contributed by atoms with Crippen molar-refractivity contribution in [2.75, 3.05) is 13.1 Å². The van der Waals surface area contributed by atoms with Gasteiger partial charge in [0.2, 0.25) is 0 Å². The van der Waals surface area contributed by atoms with Crippen molar-refractivity contribution in [3.05, 3.63) is 0 Å². The van der Waals surface area contributed by atoms with Gasteiger partial charge >= 0.3 is 24.2 Å².